The zero-order valence-corrected chi connectivity index (χ0v) is 11.9. The lowest BCUT2D eigenvalue weighted by molar-refractivity contribution is 0.262. The van der Waals surface area contributed by atoms with E-state index in [9.17, 15) is 9.18 Å². The van der Waals surface area contributed by atoms with Crippen LogP contribution in [0.1, 0.15) is 0 Å². The van der Waals surface area contributed by atoms with Crippen molar-refractivity contribution in [1.82, 2.24) is 0 Å². The highest BCUT2D eigenvalue weighted by molar-refractivity contribution is 9.10. The first kappa shape index (κ1) is 13.8. The molecule has 2 aromatic rings. The lowest BCUT2D eigenvalue weighted by Gasteiger charge is -2.10. The lowest BCUT2D eigenvalue weighted by atomic mass is 10.3. The molecule has 0 saturated carbocycles. The van der Waals surface area contributed by atoms with Crippen molar-refractivity contribution in [2.24, 2.45) is 0 Å². The predicted molar refractivity (Wildman–Crippen MR) is 78.2 cm³/mol. The van der Waals surface area contributed by atoms with Crippen molar-refractivity contribution >= 4 is 44.9 Å². The van der Waals surface area contributed by atoms with Gasteiger partial charge < -0.3 is 10.6 Å². The van der Waals surface area contributed by atoms with Gasteiger partial charge in [-0.05, 0) is 40.2 Å². The number of benzene rings is 2. The number of anilines is 2. The van der Waals surface area contributed by atoms with Crippen molar-refractivity contribution in [2.75, 3.05) is 10.6 Å². The first-order valence-electron chi connectivity index (χ1n) is 5.34. The third kappa shape index (κ3) is 3.45. The molecule has 0 heterocycles. The fraction of sp³-hybridized carbons (Fsp3) is 0. The maximum atomic E-state index is 13.4. The summed E-state index contributed by atoms with van der Waals surface area (Å²) in [7, 11) is 0. The zero-order valence-electron chi connectivity index (χ0n) is 9.58. The van der Waals surface area contributed by atoms with Gasteiger partial charge in [0.25, 0.3) is 0 Å². The van der Waals surface area contributed by atoms with E-state index in [4.69, 9.17) is 11.6 Å². The Labute approximate surface area is 122 Å². The first-order valence-corrected chi connectivity index (χ1v) is 6.51. The van der Waals surface area contributed by atoms with Crippen LogP contribution in [0.15, 0.2) is 46.9 Å². The molecule has 2 amide bonds. The average Bonchev–Trinajstić information content (AvgIpc) is 2.38. The number of rotatable bonds is 2. The van der Waals surface area contributed by atoms with Crippen LogP contribution in [0.2, 0.25) is 5.02 Å². The molecule has 0 bridgehead atoms. The third-order valence-corrected chi connectivity index (χ3v) is 3.72. The van der Waals surface area contributed by atoms with Crippen molar-refractivity contribution in [2.45, 2.75) is 0 Å². The van der Waals surface area contributed by atoms with Gasteiger partial charge in [0.2, 0.25) is 0 Å². The van der Waals surface area contributed by atoms with Gasteiger partial charge in [0.15, 0.2) is 0 Å². The molecule has 2 aromatic carbocycles. The number of urea groups is 1. The summed E-state index contributed by atoms with van der Waals surface area (Å²) in [6.07, 6.45) is 0. The zero-order chi connectivity index (χ0) is 13.8. The number of amides is 2. The van der Waals surface area contributed by atoms with Crippen LogP contribution in [0.5, 0.6) is 0 Å². The van der Waals surface area contributed by atoms with Crippen LogP contribution in [0, 0.1) is 5.82 Å². The SMILES string of the molecule is O=C(Nc1ccccc1F)Nc1cccc(Cl)c1Br. The van der Waals surface area contributed by atoms with E-state index in [1.165, 1.54) is 12.1 Å². The van der Waals surface area contributed by atoms with Gasteiger partial charge in [-0.15, -0.1) is 0 Å². The van der Waals surface area contributed by atoms with Crippen molar-refractivity contribution in [3.05, 3.63) is 57.8 Å². The standard InChI is InChI=1S/C13H9BrClFN2O/c14-12-8(15)4-3-7-11(12)18-13(19)17-10-6-2-1-5-9(10)16/h1-7H,(H2,17,18,19). The normalized spacial score (nSPS) is 10.1. The van der Waals surface area contributed by atoms with Gasteiger partial charge in [-0.1, -0.05) is 29.8 Å². The summed E-state index contributed by atoms with van der Waals surface area (Å²) in [6, 6.07) is 10.4. The van der Waals surface area contributed by atoms with Gasteiger partial charge in [-0.3, -0.25) is 0 Å². The number of carbonyl (C=O) groups excluding carboxylic acids is 1. The lowest BCUT2D eigenvalue weighted by Crippen LogP contribution is -2.20. The van der Waals surface area contributed by atoms with E-state index in [0.717, 1.165) is 0 Å². The van der Waals surface area contributed by atoms with Crippen molar-refractivity contribution in [3.8, 4) is 0 Å². The van der Waals surface area contributed by atoms with Crippen LogP contribution < -0.4 is 10.6 Å². The summed E-state index contributed by atoms with van der Waals surface area (Å²) in [5.74, 6) is -0.497. The fourth-order valence-corrected chi connectivity index (χ4v) is 1.98. The number of para-hydroxylation sites is 1. The summed E-state index contributed by atoms with van der Waals surface area (Å²) in [5.41, 5.74) is 0.611. The highest BCUT2D eigenvalue weighted by atomic mass is 79.9. The molecule has 0 radical (unpaired) electrons. The highest BCUT2D eigenvalue weighted by Gasteiger charge is 2.09. The van der Waals surface area contributed by atoms with Gasteiger partial charge in [0.05, 0.1) is 20.9 Å². The van der Waals surface area contributed by atoms with Crippen molar-refractivity contribution in [1.29, 1.82) is 0 Å². The summed E-state index contributed by atoms with van der Waals surface area (Å²) >= 11 is 9.16. The molecule has 0 spiro atoms. The van der Waals surface area contributed by atoms with Crippen LogP contribution in [-0.2, 0) is 0 Å². The Hall–Kier alpha value is -1.59. The van der Waals surface area contributed by atoms with Gasteiger partial charge in [-0.25, -0.2) is 9.18 Å². The minimum Gasteiger partial charge on any atom is -0.307 e. The Kier molecular flexibility index (Phi) is 4.39. The van der Waals surface area contributed by atoms with E-state index < -0.39 is 11.8 Å². The van der Waals surface area contributed by atoms with Crippen molar-refractivity contribution < 1.29 is 9.18 Å². The van der Waals surface area contributed by atoms with Gasteiger partial charge in [0.1, 0.15) is 5.82 Å². The number of halogens is 3. The molecule has 3 nitrogen and oxygen atoms in total. The Balaban J connectivity index is 2.10. The van der Waals surface area contributed by atoms with Crippen LogP contribution in [0.3, 0.4) is 0 Å². The summed E-state index contributed by atoms with van der Waals surface area (Å²) in [5, 5.41) is 5.47. The summed E-state index contributed by atoms with van der Waals surface area (Å²) < 4.78 is 13.9. The molecule has 19 heavy (non-hydrogen) atoms. The van der Waals surface area contributed by atoms with Crippen LogP contribution in [0.4, 0.5) is 20.6 Å². The Morgan fingerprint density at radius 1 is 1.05 bits per heavy atom. The van der Waals surface area contributed by atoms with Gasteiger partial charge >= 0.3 is 6.03 Å². The second kappa shape index (κ2) is 6.04. The molecular weight excluding hydrogens is 335 g/mol. The molecule has 0 aliphatic heterocycles. The van der Waals surface area contributed by atoms with Gasteiger partial charge in [-0.2, -0.15) is 0 Å². The minimum atomic E-state index is -0.548. The van der Waals surface area contributed by atoms with E-state index in [1.807, 2.05) is 0 Å². The molecule has 0 saturated heterocycles. The summed E-state index contributed by atoms with van der Waals surface area (Å²) in [6.45, 7) is 0. The van der Waals surface area contributed by atoms with Crippen LogP contribution in [0.25, 0.3) is 0 Å². The second-order valence-electron chi connectivity index (χ2n) is 3.66. The molecule has 0 atom stereocenters. The maximum absolute atomic E-state index is 13.4. The molecule has 0 aliphatic carbocycles. The van der Waals surface area contributed by atoms with Gasteiger partial charge in [0, 0.05) is 0 Å². The summed E-state index contributed by atoms with van der Waals surface area (Å²) in [4.78, 5) is 11.7. The monoisotopic (exact) mass is 342 g/mol. The molecule has 6 heteroatoms. The Bertz CT molecular complexity index is 621. The van der Waals surface area contributed by atoms with E-state index in [0.29, 0.717) is 15.2 Å². The molecule has 0 fully saturated rings. The molecule has 0 aromatic heterocycles. The van der Waals surface area contributed by atoms with Crippen molar-refractivity contribution in [3.63, 3.8) is 0 Å². The number of nitrogens with one attached hydrogen (secondary N) is 2. The molecule has 2 N–H and O–H groups in total. The third-order valence-electron chi connectivity index (χ3n) is 2.32. The second-order valence-corrected chi connectivity index (χ2v) is 4.86. The topological polar surface area (TPSA) is 41.1 Å². The highest BCUT2D eigenvalue weighted by Crippen LogP contribution is 2.30. The number of hydrogen-bond acceptors (Lipinski definition) is 1. The predicted octanol–water partition coefficient (Wildman–Crippen LogP) is 4.89. The smallest absolute Gasteiger partial charge is 0.307 e. The largest absolute Gasteiger partial charge is 0.323 e. The molecule has 98 valence electrons. The first-order chi connectivity index (χ1) is 9.08. The molecular formula is C13H9BrClFN2O. The molecule has 0 aliphatic rings. The fourth-order valence-electron chi connectivity index (χ4n) is 1.44. The van der Waals surface area contributed by atoms with E-state index >= 15 is 0 Å². The molecule has 2 rings (SSSR count). The quantitative estimate of drug-likeness (QED) is 0.801. The van der Waals surface area contributed by atoms with Crippen LogP contribution in [-0.4, -0.2) is 6.03 Å². The Morgan fingerprint density at radius 3 is 2.42 bits per heavy atom. The number of carbonyl (C=O) groups is 1. The Morgan fingerprint density at radius 2 is 1.68 bits per heavy atom. The molecule has 0 unspecified atom stereocenters. The average molecular weight is 344 g/mol. The van der Waals surface area contributed by atoms with E-state index in [1.54, 1.807) is 30.3 Å². The van der Waals surface area contributed by atoms with E-state index in [-0.39, 0.29) is 5.69 Å². The van der Waals surface area contributed by atoms with E-state index in [2.05, 4.69) is 26.6 Å². The minimum absolute atomic E-state index is 0.109. The number of hydrogen-bond donors (Lipinski definition) is 2. The maximum Gasteiger partial charge on any atom is 0.323 e. The van der Waals surface area contributed by atoms with Crippen LogP contribution >= 0.6 is 27.5 Å².